The summed E-state index contributed by atoms with van der Waals surface area (Å²) in [7, 11) is 1.57. The van der Waals surface area contributed by atoms with Gasteiger partial charge in [-0.05, 0) is 30.3 Å². The molecule has 2 N–H and O–H groups in total. The van der Waals surface area contributed by atoms with Gasteiger partial charge in [0, 0.05) is 12.6 Å². The van der Waals surface area contributed by atoms with Crippen LogP contribution >= 0.6 is 11.6 Å². The van der Waals surface area contributed by atoms with E-state index in [1.807, 2.05) is 6.07 Å². The van der Waals surface area contributed by atoms with Crippen LogP contribution in [0.5, 0.6) is 0 Å². The average molecular weight is 290 g/mol. The maximum atomic E-state index is 11.6. The number of nitrogens with zero attached hydrogens (tertiary/aromatic N) is 1. The first-order valence-electron chi connectivity index (χ1n) is 5.88. The summed E-state index contributed by atoms with van der Waals surface area (Å²) in [4.78, 5) is 11.6. The van der Waals surface area contributed by atoms with Crippen LogP contribution in [0.4, 0.5) is 5.69 Å². The standard InChI is InChI=1S/C14H12ClN3O2/c1-17-14(19)9-2-5-12(15)13(6-9)18-8-11-4-3-10(7-16)20-11/h2-6,18H,8H2,1H3,(H,17,19). The summed E-state index contributed by atoms with van der Waals surface area (Å²) >= 11 is 6.07. The van der Waals surface area contributed by atoms with Crippen molar-refractivity contribution in [2.24, 2.45) is 0 Å². The summed E-state index contributed by atoms with van der Waals surface area (Å²) in [6.07, 6.45) is 0. The van der Waals surface area contributed by atoms with E-state index >= 15 is 0 Å². The molecular formula is C14H12ClN3O2. The molecule has 0 fully saturated rings. The summed E-state index contributed by atoms with van der Waals surface area (Å²) in [5.41, 5.74) is 1.14. The van der Waals surface area contributed by atoms with Gasteiger partial charge in [-0.25, -0.2) is 0 Å². The lowest BCUT2D eigenvalue weighted by atomic mass is 10.2. The van der Waals surface area contributed by atoms with Crippen molar-refractivity contribution >= 4 is 23.2 Å². The molecule has 1 aromatic heterocycles. The number of amides is 1. The lowest BCUT2D eigenvalue weighted by Gasteiger charge is -2.09. The van der Waals surface area contributed by atoms with Crippen molar-refractivity contribution in [3.05, 3.63) is 52.4 Å². The number of carbonyl (C=O) groups excluding carboxylic acids is 1. The molecular weight excluding hydrogens is 278 g/mol. The van der Waals surface area contributed by atoms with Crippen molar-refractivity contribution in [2.75, 3.05) is 12.4 Å². The van der Waals surface area contributed by atoms with E-state index in [9.17, 15) is 4.79 Å². The van der Waals surface area contributed by atoms with E-state index in [1.54, 1.807) is 37.4 Å². The van der Waals surface area contributed by atoms with Crippen LogP contribution in [-0.4, -0.2) is 13.0 Å². The highest BCUT2D eigenvalue weighted by atomic mass is 35.5. The van der Waals surface area contributed by atoms with Gasteiger partial charge in [-0.1, -0.05) is 11.6 Å². The Hall–Kier alpha value is -2.45. The molecule has 20 heavy (non-hydrogen) atoms. The third kappa shape index (κ3) is 3.11. The average Bonchev–Trinajstić information content (AvgIpc) is 2.93. The van der Waals surface area contributed by atoms with E-state index in [2.05, 4.69) is 10.6 Å². The molecule has 0 atom stereocenters. The van der Waals surface area contributed by atoms with Gasteiger partial charge in [-0.15, -0.1) is 0 Å². The molecule has 0 aliphatic heterocycles. The molecule has 0 saturated heterocycles. The number of halogens is 1. The van der Waals surface area contributed by atoms with Crippen LogP contribution in [0.1, 0.15) is 21.9 Å². The van der Waals surface area contributed by atoms with E-state index in [0.29, 0.717) is 28.6 Å². The highest BCUT2D eigenvalue weighted by molar-refractivity contribution is 6.33. The minimum atomic E-state index is -0.186. The van der Waals surface area contributed by atoms with Crippen molar-refractivity contribution in [2.45, 2.75) is 6.54 Å². The molecule has 0 unspecified atom stereocenters. The van der Waals surface area contributed by atoms with Gasteiger partial charge in [0.1, 0.15) is 11.8 Å². The maximum absolute atomic E-state index is 11.6. The monoisotopic (exact) mass is 289 g/mol. The minimum absolute atomic E-state index is 0.186. The molecule has 0 saturated carbocycles. The van der Waals surface area contributed by atoms with E-state index in [4.69, 9.17) is 21.3 Å². The van der Waals surface area contributed by atoms with Crippen molar-refractivity contribution in [1.29, 1.82) is 5.26 Å². The molecule has 0 aliphatic carbocycles. The van der Waals surface area contributed by atoms with E-state index in [-0.39, 0.29) is 11.7 Å². The van der Waals surface area contributed by atoms with Gasteiger partial charge < -0.3 is 15.1 Å². The first kappa shape index (κ1) is 14.0. The fourth-order valence-corrected chi connectivity index (χ4v) is 1.85. The molecule has 5 nitrogen and oxygen atoms in total. The third-order valence-corrected chi connectivity index (χ3v) is 3.01. The molecule has 0 radical (unpaired) electrons. The van der Waals surface area contributed by atoms with Gasteiger partial charge in [0.25, 0.3) is 5.91 Å². The fraction of sp³-hybridized carbons (Fsp3) is 0.143. The van der Waals surface area contributed by atoms with Crippen LogP contribution < -0.4 is 10.6 Å². The van der Waals surface area contributed by atoms with Crippen molar-refractivity contribution in [3.63, 3.8) is 0 Å². The summed E-state index contributed by atoms with van der Waals surface area (Å²) in [5.74, 6) is 0.685. The Morgan fingerprint density at radius 1 is 1.40 bits per heavy atom. The molecule has 2 rings (SSSR count). The molecule has 1 heterocycles. The number of hydrogen-bond acceptors (Lipinski definition) is 4. The topological polar surface area (TPSA) is 78.1 Å². The lowest BCUT2D eigenvalue weighted by molar-refractivity contribution is 0.0963. The van der Waals surface area contributed by atoms with Gasteiger partial charge >= 0.3 is 0 Å². The lowest BCUT2D eigenvalue weighted by Crippen LogP contribution is -2.17. The van der Waals surface area contributed by atoms with Crippen LogP contribution in [0.2, 0.25) is 5.02 Å². The zero-order valence-corrected chi connectivity index (χ0v) is 11.5. The zero-order chi connectivity index (χ0) is 14.5. The molecule has 0 bridgehead atoms. The van der Waals surface area contributed by atoms with E-state index < -0.39 is 0 Å². The predicted octanol–water partition coefficient (Wildman–Crippen LogP) is 2.78. The Balaban J connectivity index is 2.12. The Kier molecular flexibility index (Phi) is 4.28. The van der Waals surface area contributed by atoms with Crippen LogP contribution in [0.3, 0.4) is 0 Å². The second kappa shape index (κ2) is 6.13. The highest BCUT2D eigenvalue weighted by Crippen LogP contribution is 2.24. The fourth-order valence-electron chi connectivity index (χ4n) is 1.66. The van der Waals surface area contributed by atoms with Crippen LogP contribution in [0.15, 0.2) is 34.7 Å². The summed E-state index contributed by atoms with van der Waals surface area (Å²) in [5, 5.41) is 14.8. The Morgan fingerprint density at radius 2 is 2.20 bits per heavy atom. The minimum Gasteiger partial charge on any atom is -0.449 e. The third-order valence-electron chi connectivity index (χ3n) is 2.68. The van der Waals surface area contributed by atoms with E-state index in [0.717, 1.165) is 0 Å². The molecule has 0 aliphatic rings. The maximum Gasteiger partial charge on any atom is 0.251 e. The first-order valence-corrected chi connectivity index (χ1v) is 6.26. The number of benzene rings is 1. The Bertz CT molecular complexity index is 673. The smallest absolute Gasteiger partial charge is 0.251 e. The predicted molar refractivity (Wildman–Crippen MR) is 75.6 cm³/mol. The first-order chi connectivity index (χ1) is 9.63. The number of furan rings is 1. The number of anilines is 1. The SMILES string of the molecule is CNC(=O)c1ccc(Cl)c(NCc2ccc(C#N)o2)c1. The van der Waals surface area contributed by atoms with Crippen molar-refractivity contribution in [3.8, 4) is 6.07 Å². The second-order valence-electron chi connectivity index (χ2n) is 4.01. The van der Waals surface area contributed by atoms with Crippen LogP contribution in [0, 0.1) is 11.3 Å². The number of rotatable bonds is 4. The molecule has 0 spiro atoms. The van der Waals surface area contributed by atoms with Crippen LogP contribution in [0.25, 0.3) is 0 Å². The summed E-state index contributed by atoms with van der Waals surface area (Å²) < 4.78 is 5.25. The van der Waals surface area contributed by atoms with Crippen molar-refractivity contribution < 1.29 is 9.21 Å². The quantitative estimate of drug-likeness (QED) is 0.907. The molecule has 6 heteroatoms. The Labute approximate surface area is 121 Å². The number of nitrogens with one attached hydrogen (secondary N) is 2. The molecule has 1 amide bonds. The zero-order valence-electron chi connectivity index (χ0n) is 10.7. The van der Waals surface area contributed by atoms with Gasteiger partial charge in [-0.3, -0.25) is 4.79 Å². The summed E-state index contributed by atoms with van der Waals surface area (Å²) in [6, 6.07) is 10.2. The molecule has 1 aromatic carbocycles. The van der Waals surface area contributed by atoms with Gasteiger partial charge in [0.2, 0.25) is 5.76 Å². The number of nitriles is 1. The number of carbonyl (C=O) groups is 1. The normalized spacial score (nSPS) is 9.85. The van der Waals surface area contributed by atoms with Crippen molar-refractivity contribution in [1.82, 2.24) is 5.32 Å². The van der Waals surface area contributed by atoms with Gasteiger partial charge in [0.15, 0.2) is 0 Å². The summed E-state index contributed by atoms with van der Waals surface area (Å²) in [6.45, 7) is 0.374. The Morgan fingerprint density at radius 3 is 2.85 bits per heavy atom. The van der Waals surface area contributed by atoms with Gasteiger partial charge in [-0.2, -0.15) is 5.26 Å². The van der Waals surface area contributed by atoms with Gasteiger partial charge in [0.05, 0.1) is 17.3 Å². The molecule has 102 valence electrons. The highest BCUT2D eigenvalue weighted by Gasteiger charge is 2.08. The number of hydrogen-bond donors (Lipinski definition) is 2. The largest absolute Gasteiger partial charge is 0.449 e. The second-order valence-corrected chi connectivity index (χ2v) is 4.41. The van der Waals surface area contributed by atoms with E-state index in [1.165, 1.54) is 0 Å². The molecule has 2 aromatic rings. The van der Waals surface area contributed by atoms with Crippen LogP contribution in [-0.2, 0) is 6.54 Å².